The number of likely N-dealkylation sites (tertiary alicyclic amines) is 1. The van der Waals surface area contributed by atoms with E-state index in [0.717, 1.165) is 26.0 Å². The molecule has 0 unspecified atom stereocenters. The number of amides is 12. The summed E-state index contributed by atoms with van der Waals surface area (Å²) in [4.78, 5) is 190. The van der Waals surface area contributed by atoms with Gasteiger partial charge in [-0.3, -0.25) is 57.5 Å². The molecule has 12 atom stereocenters. The number of nitrogens with zero attached hydrogens (tertiary/aromatic N) is 8. The minimum Gasteiger partial charge on any atom is -0.391 e. The summed E-state index contributed by atoms with van der Waals surface area (Å²) in [5, 5.41) is 25.3. The van der Waals surface area contributed by atoms with E-state index in [2.05, 4.69) is 26.6 Å². The maximum absolute atomic E-state index is 15.5. The number of ether oxygens (including phenoxy) is 1. The Morgan fingerprint density at radius 2 is 1.02 bits per heavy atom. The van der Waals surface area contributed by atoms with Crippen LogP contribution in [0.4, 0.5) is 8.78 Å². The van der Waals surface area contributed by atoms with Gasteiger partial charge in [-0.1, -0.05) is 113 Å². The number of aliphatic hydroxyl groups excluding tert-OH is 1. The lowest BCUT2D eigenvalue weighted by molar-refractivity contribution is -0.152. The third kappa shape index (κ3) is 25.7. The molecule has 6 N–H and O–H groups in total. The number of carbonyl (C=O) groups excluding carboxylic acids is 12. The van der Waals surface area contributed by atoms with Crippen molar-refractivity contribution in [2.75, 3.05) is 88.2 Å². The zero-order valence-corrected chi connectivity index (χ0v) is 64.6. The van der Waals surface area contributed by atoms with Gasteiger partial charge in [0, 0.05) is 80.8 Å². The maximum atomic E-state index is 15.5. The molecule has 3 saturated heterocycles. The molecular weight excluding hydrogens is 1330 g/mol. The van der Waals surface area contributed by atoms with Gasteiger partial charge >= 0.3 is 0 Å². The lowest BCUT2D eigenvalue weighted by Crippen LogP contribution is -2.62. The fourth-order valence-corrected chi connectivity index (χ4v) is 13.6. The fourth-order valence-electron chi connectivity index (χ4n) is 13.6. The average molecular weight is 1460 g/mol. The molecule has 3 fully saturated rings. The zero-order valence-electron chi connectivity index (χ0n) is 64.6. The van der Waals surface area contributed by atoms with Gasteiger partial charge in [-0.15, -0.1) is 0 Å². The van der Waals surface area contributed by atoms with Crippen molar-refractivity contribution in [2.45, 2.75) is 251 Å². The molecule has 3 aliphatic heterocycles. The predicted octanol–water partition coefficient (Wildman–Crippen LogP) is 3.57. The van der Waals surface area contributed by atoms with E-state index in [-0.39, 0.29) is 81.8 Å². The quantitative estimate of drug-likeness (QED) is 0.103. The summed E-state index contributed by atoms with van der Waals surface area (Å²) >= 11 is 0. The highest BCUT2D eigenvalue weighted by molar-refractivity contribution is 6.00. The van der Waals surface area contributed by atoms with Crippen LogP contribution in [0.5, 0.6) is 0 Å². The number of hydrogen-bond donors (Lipinski definition) is 6. The molecule has 3 aliphatic rings. The molecule has 29 heteroatoms. The first-order valence-corrected chi connectivity index (χ1v) is 37.1. The van der Waals surface area contributed by atoms with Crippen molar-refractivity contribution in [1.82, 2.24) is 65.8 Å². The molecule has 4 rings (SSSR count). The standard InChI is InChI=1S/C74H123F2N13O14/c1-19-22-31-89-41-62(92)83(14)57(35-46(6)7)65(94)79-53(70(99)88-32-27-24-28-33-88)39-61(91)82(13)55(20-2)64(93)78-52(34-45(4)5)68(97)87(18)60(37-48(10)11)72(101)86(17)59(38-50-29-25-23-26-30-50)66(95)80-54(43-103-42-51-40-74(75,76)44-77-51)69(98)84(15)56(21-3)71(100)85(16)58(36-47(8)9)67(96)81-63(49(12)90)73(89)102/h23,25-26,29-30,45-49,51-60,63,77,90H,19-22,24,27-28,31-44H2,1-18H3,(H,78,93)(H,79,94)(H,80,95)(H,81,96)/t49-,51+,52+,53+,54+,55+,56+,57+,58+,59+,60+,63+/m1/s1. The molecule has 0 bridgehead atoms. The third-order valence-corrected chi connectivity index (χ3v) is 19.8. The van der Waals surface area contributed by atoms with Crippen LogP contribution in [0.15, 0.2) is 30.3 Å². The SMILES string of the molecule is CCCCN1CC(=O)N(C)[C@@H](CC(C)C)C(=O)N[C@H](C(=O)N2CCCCC2)CC(=O)N(C)[C@@H](CC)C(=O)N[C@@H](CC(C)C)C(=O)N(C)[C@@H](CC(C)C)C(=O)N(C)[C@@H](Cc2ccccc2)C(=O)N[C@@H](COC[C@@H]2CC(F)(F)CN2)C(=O)N(C)[C@@H](CC)C(=O)N(C)[C@@H](CC(C)C)C(=O)N[C@@H]([C@@H](C)O)C1=O. The summed E-state index contributed by atoms with van der Waals surface area (Å²) in [6.45, 7) is 19.5. The molecule has 0 aliphatic carbocycles. The number of alkyl halides is 2. The van der Waals surface area contributed by atoms with Crippen LogP contribution < -0.4 is 26.6 Å². The highest BCUT2D eigenvalue weighted by atomic mass is 19.3. The highest BCUT2D eigenvalue weighted by Gasteiger charge is 2.45. The summed E-state index contributed by atoms with van der Waals surface area (Å²) in [5.41, 5.74) is 0.587. The number of piperidine rings is 1. The molecule has 3 heterocycles. The first-order valence-electron chi connectivity index (χ1n) is 37.1. The van der Waals surface area contributed by atoms with Crippen molar-refractivity contribution in [3.8, 4) is 0 Å². The number of aliphatic hydroxyl groups is 1. The van der Waals surface area contributed by atoms with Crippen LogP contribution >= 0.6 is 0 Å². The molecule has 0 spiro atoms. The van der Waals surface area contributed by atoms with Crippen molar-refractivity contribution < 1.29 is 76.2 Å². The van der Waals surface area contributed by atoms with E-state index in [9.17, 15) is 47.4 Å². The zero-order chi connectivity index (χ0) is 77.5. The first-order chi connectivity index (χ1) is 48.3. The smallest absolute Gasteiger partial charge is 0.261 e. The number of hydrogen-bond acceptors (Lipinski definition) is 15. The number of unbranched alkanes of at least 4 members (excludes halogenated alkanes) is 1. The van der Waals surface area contributed by atoms with Crippen LogP contribution in [-0.2, 0) is 68.7 Å². The number of halogens is 2. The van der Waals surface area contributed by atoms with E-state index in [1.165, 1.54) is 63.9 Å². The van der Waals surface area contributed by atoms with Crippen molar-refractivity contribution in [2.24, 2.45) is 23.7 Å². The van der Waals surface area contributed by atoms with Gasteiger partial charge < -0.3 is 75.6 Å². The molecule has 0 radical (unpaired) electrons. The van der Waals surface area contributed by atoms with E-state index in [1.54, 1.807) is 62.9 Å². The van der Waals surface area contributed by atoms with Gasteiger partial charge in [0.25, 0.3) is 5.92 Å². The Bertz CT molecular complexity index is 3010. The Morgan fingerprint density at radius 1 is 0.544 bits per heavy atom. The second-order valence-corrected chi connectivity index (χ2v) is 30.2. The number of rotatable bonds is 21. The summed E-state index contributed by atoms with van der Waals surface area (Å²) in [7, 11) is 8.25. The van der Waals surface area contributed by atoms with Crippen molar-refractivity contribution in [1.29, 1.82) is 0 Å². The molecule has 0 saturated carbocycles. The van der Waals surface area contributed by atoms with E-state index >= 15 is 24.0 Å². The van der Waals surface area contributed by atoms with Gasteiger partial charge in [0.1, 0.15) is 60.4 Å². The summed E-state index contributed by atoms with van der Waals surface area (Å²) in [6.07, 6.45) is 0.365. The van der Waals surface area contributed by atoms with Crippen LogP contribution in [0.3, 0.4) is 0 Å². The summed E-state index contributed by atoms with van der Waals surface area (Å²) in [5.74, 6) is -13.1. The third-order valence-electron chi connectivity index (χ3n) is 19.8. The number of likely N-dealkylation sites (N-methyl/N-ethyl adjacent to an activating group) is 6. The van der Waals surface area contributed by atoms with Gasteiger partial charge in [-0.25, -0.2) is 8.78 Å². The minimum absolute atomic E-state index is 0.00645. The first kappa shape index (κ1) is 88.0. The van der Waals surface area contributed by atoms with E-state index in [1.807, 2.05) is 48.5 Å². The van der Waals surface area contributed by atoms with Crippen LogP contribution in [0.25, 0.3) is 0 Å². The molecule has 1 aromatic rings. The number of carbonyl (C=O) groups is 12. The van der Waals surface area contributed by atoms with Crippen LogP contribution in [-0.4, -0.2) is 282 Å². The van der Waals surface area contributed by atoms with Crippen LogP contribution in [0.2, 0.25) is 0 Å². The van der Waals surface area contributed by atoms with Crippen LogP contribution in [0.1, 0.15) is 172 Å². The molecule has 582 valence electrons. The van der Waals surface area contributed by atoms with Gasteiger partial charge in [0.2, 0.25) is 70.9 Å². The van der Waals surface area contributed by atoms with Crippen molar-refractivity contribution in [3.05, 3.63) is 35.9 Å². The average Bonchev–Trinajstić information content (AvgIpc) is 1.37. The molecular formula is C74H123F2N13O14. The fraction of sp³-hybridized carbons (Fsp3) is 0.757. The van der Waals surface area contributed by atoms with Gasteiger partial charge in [0.05, 0.1) is 38.8 Å². The maximum Gasteiger partial charge on any atom is 0.261 e. The highest BCUT2D eigenvalue weighted by Crippen LogP contribution is 2.27. The molecule has 103 heavy (non-hydrogen) atoms. The summed E-state index contributed by atoms with van der Waals surface area (Å²) in [6, 6.07) is -6.16. The van der Waals surface area contributed by atoms with Crippen LogP contribution in [0, 0.1) is 23.7 Å². The number of benzene rings is 1. The molecule has 27 nitrogen and oxygen atoms in total. The lowest BCUT2D eigenvalue weighted by Gasteiger charge is -2.38. The van der Waals surface area contributed by atoms with Gasteiger partial charge in [-0.05, 0) is 100 Å². The molecule has 0 aromatic heterocycles. The van der Waals surface area contributed by atoms with E-state index in [0.29, 0.717) is 44.3 Å². The van der Waals surface area contributed by atoms with Gasteiger partial charge in [-0.2, -0.15) is 0 Å². The topological polar surface area (TPSA) is 320 Å². The van der Waals surface area contributed by atoms with E-state index in [4.69, 9.17) is 4.74 Å². The Labute approximate surface area is 609 Å². The second-order valence-electron chi connectivity index (χ2n) is 30.2. The predicted molar refractivity (Wildman–Crippen MR) is 386 cm³/mol. The normalized spacial score (nSPS) is 26.7. The van der Waals surface area contributed by atoms with Gasteiger partial charge in [0.15, 0.2) is 0 Å². The Balaban J connectivity index is 1.98. The lowest BCUT2D eigenvalue weighted by atomic mass is 9.96. The minimum atomic E-state index is -3.04. The Hall–Kier alpha value is -7.40. The van der Waals surface area contributed by atoms with E-state index < -0.39 is 182 Å². The monoisotopic (exact) mass is 1460 g/mol. The largest absolute Gasteiger partial charge is 0.391 e. The number of nitrogens with one attached hydrogen (secondary N) is 5. The Kier molecular flexibility index (Phi) is 35.3. The second kappa shape index (κ2) is 41.3. The van der Waals surface area contributed by atoms with Crippen molar-refractivity contribution >= 4 is 70.9 Å². The molecule has 12 amide bonds. The van der Waals surface area contributed by atoms with Crippen molar-refractivity contribution in [3.63, 3.8) is 0 Å². The molecule has 1 aromatic carbocycles. The Morgan fingerprint density at radius 3 is 1.55 bits per heavy atom. The summed E-state index contributed by atoms with van der Waals surface area (Å²) < 4.78 is 35.0.